The minimum absolute atomic E-state index is 0.617. The summed E-state index contributed by atoms with van der Waals surface area (Å²) >= 11 is 6.69. The SMILES string of the molecule is SCC(CSC1CCCCC1)c1ccccc1. The van der Waals surface area contributed by atoms with Crippen molar-refractivity contribution in [3.8, 4) is 0 Å². The standard InChI is InChI=1S/C15H22S2/c16-11-14(13-7-3-1-4-8-13)12-17-15-9-5-2-6-10-15/h1,3-4,7-8,14-16H,2,5-6,9-12H2. The lowest BCUT2D eigenvalue weighted by molar-refractivity contribution is 0.515. The summed E-state index contributed by atoms with van der Waals surface area (Å²) in [5, 5.41) is 0.912. The second-order valence-electron chi connectivity index (χ2n) is 4.88. The van der Waals surface area contributed by atoms with E-state index in [9.17, 15) is 0 Å². The maximum atomic E-state index is 4.51. The van der Waals surface area contributed by atoms with Crippen molar-refractivity contribution in [1.29, 1.82) is 0 Å². The number of rotatable bonds is 5. The molecule has 0 heterocycles. The number of thiol groups is 1. The average molecular weight is 266 g/mol. The van der Waals surface area contributed by atoms with Crippen LogP contribution in [-0.2, 0) is 0 Å². The van der Waals surface area contributed by atoms with Crippen molar-refractivity contribution in [3.05, 3.63) is 35.9 Å². The summed E-state index contributed by atoms with van der Waals surface area (Å²) in [6.07, 6.45) is 7.19. The first-order valence-corrected chi connectivity index (χ1v) is 8.35. The van der Waals surface area contributed by atoms with Gasteiger partial charge in [-0.05, 0) is 24.2 Å². The molecule has 1 unspecified atom stereocenters. The highest BCUT2D eigenvalue weighted by Crippen LogP contribution is 2.32. The van der Waals surface area contributed by atoms with E-state index in [4.69, 9.17) is 0 Å². The predicted octanol–water partition coefficient (Wildman–Crippen LogP) is 4.77. The lowest BCUT2D eigenvalue weighted by atomic mass is 10.0. The minimum Gasteiger partial charge on any atom is -0.179 e. The fourth-order valence-corrected chi connectivity index (χ4v) is 4.46. The van der Waals surface area contributed by atoms with E-state index in [1.807, 2.05) is 0 Å². The Morgan fingerprint density at radius 1 is 1.12 bits per heavy atom. The van der Waals surface area contributed by atoms with Gasteiger partial charge in [-0.3, -0.25) is 0 Å². The van der Waals surface area contributed by atoms with Crippen molar-refractivity contribution < 1.29 is 0 Å². The van der Waals surface area contributed by atoms with Gasteiger partial charge in [0.2, 0.25) is 0 Å². The van der Waals surface area contributed by atoms with Crippen molar-refractivity contribution >= 4 is 24.4 Å². The monoisotopic (exact) mass is 266 g/mol. The summed E-state index contributed by atoms with van der Waals surface area (Å²) in [6, 6.07) is 10.8. The van der Waals surface area contributed by atoms with Gasteiger partial charge in [0.05, 0.1) is 0 Å². The maximum Gasteiger partial charge on any atom is 0.00472 e. The summed E-state index contributed by atoms with van der Waals surface area (Å²) in [5.41, 5.74) is 1.45. The highest BCUT2D eigenvalue weighted by atomic mass is 32.2. The van der Waals surface area contributed by atoms with E-state index in [1.54, 1.807) is 0 Å². The first-order chi connectivity index (χ1) is 8.40. The van der Waals surface area contributed by atoms with Gasteiger partial charge in [0.25, 0.3) is 0 Å². The van der Waals surface area contributed by atoms with Gasteiger partial charge in [-0.1, -0.05) is 49.6 Å². The molecule has 0 N–H and O–H groups in total. The quantitative estimate of drug-likeness (QED) is 0.749. The Morgan fingerprint density at radius 2 is 1.82 bits per heavy atom. The molecule has 0 bridgehead atoms. The summed E-state index contributed by atoms with van der Waals surface area (Å²) in [5.74, 6) is 2.81. The normalized spacial score (nSPS) is 19.1. The van der Waals surface area contributed by atoms with Crippen molar-refractivity contribution in [1.82, 2.24) is 0 Å². The van der Waals surface area contributed by atoms with Gasteiger partial charge in [0, 0.05) is 16.9 Å². The molecule has 1 fully saturated rings. The second-order valence-corrected chi connectivity index (χ2v) is 6.58. The zero-order valence-electron chi connectivity index (χ0n) is 10.3. The molecule has 1 saturated carbocycles. The van der Waals surface area contributed by atoms with E-state index in [1.165, 1.54) is 43.4 Å². The van der Waals surface area contributed by atoms with Gasteiger partial charge in [-0.25, -0.2) is 0 Å². The molecule has 0 saturated heterocycles. The highest BCUT2D eigenvalue weighted by molar-refractivity contribution is 7.99. The van der Waals surface area contributed by atoms with Gasteiger partial charge in [0.15, 0.2) is 0 Å². The molecule has 17 heavy (non-hydrogen) atoms. The zero-order valence-corrected chi connectivity index (χ0v) is 12.1. The molecule has 2 heteroatoms. The Bertz CT molecular complexity index is 304. The Kier molecular flexibility index (Phi) is 5.79. The molecule has 0 nitrogen and oxygen atoms in total. The molecule has 0 radical (unpaired) electrons. The molecule has 1 aromatic carbocycles. The molecular weight excluding hydrogens is 244 g/mol. The third kappa shape index (κ3) is 4.26. The Hall–Kier alpha value is -0.0800. The van der Waals surface area contributed by atoms with Crippen LogP contribution < -0.4 is 0 Å². The summed E-state index contributed by atoms with van der Waals surface area (Å²) in [6.45, 7) is 0. The maximum absolute atomic E-state index is 4.51. The van der Waals surface area contributed by atoms with Crippen LogP contribution in [0.4, 0.5) is 0 Å². The van der Waals surface area contributed by atoms with Crippen LogP contribution in [0.25, 0.3) is 0 Å². The van der Waals surface area contributed by atoms with E-state index in [0.29, 0.717) is 5.92 Å². The van der Waals surface area contributed by atoms with Gasteiger partial charge < -0.3 is 0 Å². The van der Waals surface area contributed by atoms with Crippen LogP contribution in [-0.4, -0.2) is 16.8 Å². The van der Waals surface area contributed by atoms with Crippen LogP contribution in [0.5, 0.6) is 0 Å². The van der Waals surface area contributed by atoms with E-state index >= 15 is 0 Å². The van der Waals surface area contributed by atoms with Gasteiger partial charge >= 0.3 is 0 Å². The third-order valence-corrected chi connectivity index (χ3v) is 5.56. The Balaban J connectivity index is 1.83. The number of thioether (sulfide) groups is 1. The number of hydrogen-bond donors (Lipinski definition) is 1. The molecule has 1 aliphatic rings. The van der Waals surface area contributed by atoms with Gasteiger partial charge in [0.1, 0.15) is 0 Å². The second kappa shape index (κ2) is 7.38. The molecule has 0 aliphatic heterocycles. The smallest absolute Gasteiger partial charge is 0.00472 e. The van der Waals surface area contributed by atoms with Crippen LogP contribution in [0.1, 0.15) is 43.6 Å². The van der Waals surface area contributed by atoms with Crippen molar-refractivity contribution in [2.45, 2.75) is 43.3 Å². The summed E-state index contributed by atoms with van der Waals surface area (Å²) in [4.78, 5) is 0. The highest BCUT2D eigenvalue weighted by Gasteiger charge is 2.16. The topological polar surface area (TPSA) is 0 Å². The molecule has 1 atom stereocenters. The minimum atomic E-state index is 0.617. The largest absolute Gasteiger partial charge is 0.179 e. The fraction of sp³-hybridized carbons (Fsp3) is 0.600. The molecule has 94 valence electrons. The molecule has 0 spiro atoms. The van der Waals surface area contributed by atoms with E-state index in [-0.39, 0.29) is 0 Å². The van der Waals surface area contributed by atoms with E-state index < -0.39 is 0 Å². The van der Waals surface area contributed by atoms with Crippen LogP contribution in [0.2, 0.25) is 0 Å². The lowest BCUT2D eigenvalue weighted by Crippen LogP contribution is -2.12. The zero-order chi connectivity index (χ0) is 11.9. The molecule has 1 aromatic rings. The molecule has 2 rings (SSSR count). The molecular formula is C15H22S2. The van der Waals surface area contributed by atoms with E-state index in [0.717, 1.165) is 11.0 Å². The van der Waals surface area contributed by atoms with Gasteiger partial charge in [-0.15, -0.1) is 0 Å². The van der Waals surface area contributed by atoms with Crippen molar-refractivity contribution in [2.75, 3.05) is 11.5 Å². The van der Waals surface area contributed by atoms with Crippen LogP contribution >= 0.6 is 24.4 Å². The molecule has 1 aliphatic carbocycles. The fourth-order valence-electron chi connectivity index (χ4n) is 2.46. The van der Waals surface area contributed by atoms with Crippen molar-refractivity contribution in [3.63, 3.8) is 0 Å². The van der Waals surface area contributed by atoms with Crippen LogP contribution in [0, 0.1) is 0 Å². The van der Waals surface area contributed by atoms with Crippen LogP contribution in [0.15, 0.2) is 30.3 Å². The number of hydrogen-bond acceptors (Lipinski definition) is 2. The summed E-state index contributed by atoms with van der Waals surface area (Å²) < 4.78 is 0. The predicted molar refractivity (Wildman–Crippen MR) is 82.4 cm³/mol. The summed E-state index contributed by atoms with van der Waals surface area (Å²) in [7, 11) is 0. The Morgan fingerprint density at radius 3 is 2.47 bits per heavy atom. The van der Waals surface area contributed by atoms with E-state index in [2.05, 4.69) is 54.7 Å². The van der Waals surface area contributed by atoms with Gasteiger partial charge in [-0.2, -0.15) is 24.4 Å². The first-order valence-electron chi connectivity index (χ1n) is 6.67. The number of benzene rings is 1. The Labute approximate surface area is 115 Å². The first kappa shape index (κ1) is 13.4. The average Bonchev–Trinajstić information content (AvgIpc) is 2.42. The van der Waals surface area contributed by atoms with Crippen molar-refractivity contribution in [2.24, 2.45) is 0 Å². The molecule has 0 amide bonds. The lowest BCUT2D eigenvalue weighted by Gasteiger charge is -2.23. The third-order valence-electron chi connectivity index (χ3n) is 3.58. The molecule has 0 aromatic heterocycles. The van der Waals surface area contributed by atoms with Crippen LogP contribution in [0.3, 0.4) is 0 Å².